The summed E-state index contributed by atoms with van der Waals surface area (Å²) in [6.07, 6.45) is 6.18. The van der Waals surface area contributed by atoms with Gasteiger partial charge in [-0.25, -0.2) is 13.8 Å². The summed E-state index contributed by atoms with van der Waals surface area (Å²) in [5.41, 5.74) is 6.95. The monoisotopic (exact) mass is 685 g/mol. The molecule has 3 amide bonds. The Morgan fingerprint density at radius 1 is 1.04 bits per heavy atom. The molecular formula is C38H38ClF2N5O3. The Balaban J connectivity index is 0.00000417. The van der Waals surface area contributed by atoms with E-state index in [9.17, 15) is 23.2 Å². The van der Waals surface area contributed by atoms with Gasteiger partial charge in [0.2, 0.25) is 11.8 Å². The summed E-state index contributed by atoms with van der Waals surface area (Å²) in [5.74, 6) is -1.46. The Labute approximate surface area is 289 Å². The summed E-state index contributed by atoms with van der Waals surface area (Å²) >= 11 is 0. The molecule has 2 aliphatic heterocycles. The molecule has 3 N–H and O–H groups in total. The molecule has 8 nitrogen and oxygen atoms in total. The molecule has 49 heavy (non-hydrogen) atoms. The van der Waals surface area contributed by atoms with Crippen molar-refractivity contribution in [2.75, 3.05) is 25.0 Å². The third-order valence-corrected chi connectivity index (χ3v) is 9.39. The minimum atomic E-state index is -1.37. The highest BCUT2D eigenvalue weighted by Crippen LogP contribution is 2.34. The lowest BCUT2D eigenvalue weighted by Gasteiger charge is -2.26. The van der Waals surface area contributed by atoms with Crippen LogP contribution in [0.15, 0.2) is 72.8 Å². The fourth-order valence-electron chi connectivity index (χ4n) is 6.55. The number of alkyl halides is 1. The van der Waals surface area contributed by atoms with Crippen LogP contribution in [0.5, 0.6) is 0 Å². The van der Waals surface area contributed by atoms with Crippen molar-refractivity contribution in [1.82, 2.24) is 20.5 Å². The maximum atomic E-state index is 14.7. The second-order valence-corrected chi connectivity index (χ2v) is 12.9. The van der Waals surface area contributed by atoms with E-state index in [-0.39, 0.29) is 31.1 Å². The first kappa shape index (κ1) is 34.0. The number of halogens is 3. The Morgan fingerprint density at radius 2 is 1.84 bits per heavy atom. The smallest absolute Gasteiger partial charge is 0.270 e. The fourth-order valence-corrected chi connectivity index (χ4v) is 6.55. The van der Waals surface area contributed by atoms with Gasteiger partial charge in [-0.2, -0.15) is 0 Å². The number of likely N-dealkylation sites (tertiary alicyclic amines) is 1. The molecule has 3 aliphatic rings. The van der Waals surface area contributed by atoms with Crippen molar-refractivity contribution in [2.24, 2.45) is 5.92 Å². The van der Waals surface area contributed by atoms with E-state index in [1.54, 1.807) is 6.07 Å². The molecule has 4 aromatic rings. The van der Waals surface area contributed by atoms with E-state index < -0.39 is 48.3 Å². The van der Waals surface area contributed by atoms with Gasteiger partial charge in [-0.3, -0.25) is 14.4 Å². The molecule has 7 rings (SSSR count). The molecule has 2 fully saturated rings. The molecule has 3 atom stereocenters. The van der Waals surface area contributed by atoms with Crippen LogP contribution < -0.4 is 16.0 Å². The zero-order valence-corrected chi connectivity index (χ0v) is 27.9. The number of rotatable bonds is 9. The summed E-state index contributed by atoms with van der Waals surface area (Å²) in [6, 6.07) is 18.3. The highest BCUT2D eigenvalue weighted by Gasteiger charge is 2.40. The van der Waals surface area contributed by atoms with Gasteiger partial charge in [0.05, 0.1) is 24.6 Å². The quantitative estimate of drug-likeness (QED) is 0.189. The first-order chi connectivity index (χ1) is 23.2. The summed E-state index contributed by atoms with van der Waals surface area (Å²) in [7, 11) is 0. The van der Waals surface area contributed by atoms with Gasteiger partial charge in [0.1, 0.15) is 23.7 Å². The molecule has 0 unspecified atom stereocenters. The maximum Gasteiger partial charge on any atom is 0.270 e. The molecular weight excluding hydrogens is 648 g/mol. The molecule has 11 heteroatoms. The zero-order chi connectivity index (χ0) is 33.4. The van der Waals surface area contributed by atoms with Gasteiger partial charge in [-0.1, -0.05) is 42.5 Å². The van der Waals surface area contributed by atoms with Crippen molar-refractivity contribution in [3.8, 4) is 11.1 Å². The first-order valence-electron chi connectivity index (χ1n) is 16.5. The number of amides is 3. The SMILES string of the molecule is C[C@H](NC(=O)[C@@H]1C[C@@H](F)CN1C(=O)CNC(=O)c1ccc2cc(F)ccc2n1)c1cc(-c2ccc3c(c2)NCC3)ccc1/C=C/C1CC1.Cl. The van der Waals surface area contributed by atoms with E-state index in [0.29, 0.717) is 16.8 Å². The fraction of sp³-hybridized carbons (Fsp3) is 0.316. The number of anilines is 1. The standard InChI is InChI=1S/C38H37F2N5O3.ClH/c1-22(31-17-26(8-6-24(31)5-4-23-2-3-23)27-9-7-25-14-15-41-34(25)18-27)43-38(48)35-19-30(40)21-45(35)36(46)20-42-37(47)33-12-10-28-16-29(39)11-13-32(28)44-33;/h4-13,16-18,22-23,30,35,41H,2-3,14-15,19-21H2,1H3,(H,42,47)(H,43,48);1H/b5-4+;/t22-,30+,35-;/m0./s1. The van der Waals surface area contributed by atoms with Crippen molar-refractivity contribution >= 4 is 52.8 Å². The van der Waals surface area contributed by atoms with Crippen molar-refractivity contribution in [3.05, 3.63) is 101 Å². The van der Waals surface area contributed by atoms with Crippen LogP contribution in [0.4, 0.5) is 14.5 Å². The average molecular weight is 686 g/mol. The Hall–Kier alpha value is -4.83. The van der Waals surface area contributed by atoms with Crippen LogP contribution in [-0.2, 0) is 16.0 Å². The topological polar surface area (TPSA) is 103 Å². The highest BCUT2D eigenvalue weighted by atomic mass is 35.5. The van der Waals surface area contributed by atoms with Crippen LogP contribution in [0.3, 0.4) is 0 Å². The molecule has 3 aromatic carbocycles. The van der Waals surface area contributed by atoms with Gasteiger partial charge in [0.15, 0.2) is 0 Å². The highest BCUT2D eigenvalue weighted by molar-refractivity contribution is 5.97. The van der Waals surface area contributed by atoms with E-state index in [1.165, 1.54) is 47.6 Å². The van der Waals surface area contributed by atoms with Crippen LogP contribution in [0, 0.1) is 11.7 Å². The molecule has 0 bridgehead atoms. The number of hydrogen-bond acceptors (Lipinski definition) is 5. The lowest BCUT2D eigenvalue weighted by molar-refractivity contribution is -0.138. The van der Waals surface area contributed by atoms with Crippen molar-refractivity contribution < 1.29 is 23.2 Å². The van der Waals surface area contributed by atoms with E-state index in [4.69, 9.17) is 0 Å². The minimum Gasteiger partial charge on any atom is -0.384 e. The molecule has 254 valence electrons. The molecule has 1 aromatic heterocycles. The predicted octanol–water partition coefficient (Wildman–Crippen LogP) is 6.40. The molecule has 1 aliphatic carbocycles. The number of pyridine rings is 1. The maximum absolute atomic E-state index is 14.7. The van der Waals surface area contributed by atoms with Gasteiger partial charge in [0.25, 0.3) is 5.91 Å². The number of benzene rings is 3. The largest absolute Gasteiger partial charge is 0.384 e. The summed E-state index contributed by atoms with van der Waals surface area (Å²) in [4.78, 5) is 45.1. The van der Waals surface area contributed by atoms with Crippen molar-refractivity contribution in [3.63, 3.8) is 0 Å². The zero-order valence-electron chi connectivity index (χ0n) is 27.0. The van der Waals surface area contributed by atoms with Crippen LogP contribution in [-0.4, -0.2) is 59.5 Å². The molecule has 3 heterocycles. The van der Waals surface area contributed by atoms with Crippen LogP contribution in [0.2, 0.25) is 0 Å². The van der Waals surface area contributed by atoms with Crippen molar-refractivity contribution in [1.29, 1.82) is 0 Å². The number of allylic oxidation sites excluding steroid dienone is 1. The number of carbonyl (C=O) groups excluding carboxylic acids is 3. The lowest BCUT2D eigenvalue weighted by atomic mass is 9.94. The van der Waals surface area contributed by atoms with E-state index >= 15 is 0 Å². The number of hydrogen-bond donors (Lipinski definition) is 3. The predicted molar refractivity (Wildman–Crippen MR) is 189 cm³/mol. The third kappa shape index (κ3) is 7.59. The van der Waals surface area contributed by atoms with Gasteiger partial charge in [-0.15, -0.1) is 12.4 Å². The summed E-state index contributed by atoms with van der Waals surface area (Å²) in [5, 5.41) is 9.55. The normalized spacial score (nSPS) is 18.9. The van der Waals surface area contributed by atoms with Crippen LogP contribution in [0.25, 0.3) is 28.1 Å². The number of nitrogens with one attached hydrogen (secondary N) is 3. The Kier molecular flexibility index (Phi) is 9.96. The van der Waals surface area contributed by atoms with Crippen molar-refractivity contribution in [2.45, 2.75) is 50.9 Å². The number of carbonyl (C=O) groups is 3. The van der Waals surface area contributed by atoms with Gasteiger partial charge >= 0.3 is 0 Å². The first-order valence-corrected chi connectivity index (χ1v) is 16.5. The van der Waals surface area contributed by atoms with Gasteiger partial charge in [-0.05, 0) is 96.3 Å². The Bertz CT molecular complexity index is 1950. The number of fused-ring (bicyclic) bond motifs is 2. The van der Waals surface area contributed by atoms with E-state index in [1.807, 2.05) is 6.92 Å². The van der Waals surface area contributed by atoms with E-state index in [2.05, 4.69) is 69.5 Å². The molecule has 0 spiro atoms. The number of nitrogens with zero attached hydrogens (tertiary/aromatic N) is 2. The summed E-state index contributed by atoms with van der Waals surface area (Å²) < 4.78 is 28.2. The molecule has 1 saturated heterocycles. The van der Waals surface area contributed by atoms with E-state index in [0.717, 1.165) is 40.9 Å². The van der Waals surface area contributed by atoms with Crippen LogP contribution in [0.1, 0.15) is 59.4 Å². The summed E-state index contributed by atoms with van der Waals surface area (Å²) in [6.45, 7) is 2.16. The molecule has 1 saturated carbocycles. The lowest BCUT2D eigenvalue weighted by Crippen LogP contribution is -2.49. The third-order valence-electron chi connectivity index (χ3n) is 9.39. The average Bonchev–Trinajstić information content (AvgIpc) is 3.65. The second-order valence-electron chi connectivity index (χ2n) is 12.9. The molecule has 0 radical (unpaired) electrons. The van der Waals surface area contributed by atoms with Gasteiger partial charge < -0.3 is 20.9 Å². The second kappa shape index (κ2) is 14.3. The number of aromatic nitrogens is 1. The van der Waals surface area contributed by atoms with Gasteiger partial charge in [0, 0.05) is 24.0 Å². The Morgan fingerprint density at radius 3 is 2.65 bits per heavy atom. The van der Waals surface area contributed by atoms with Crippen LogP contribution >= 0.6 is 12.4 Å². The minimum absolute atomic E-state index is 0.